The SMILES string of the molecule is Cc1[nH]c2ccc(C(=O)N3CCCCO3)cc2c1C. The van der Waals surface area contributed by atoms with Gasteiger partial charge in [0.2, 0.25) is 0 Å². The molecule has 4 heteroatoms. The monoisotopic (exact) mass is 258 g/mol. The number of aromatic nitrogens is 1. The summed E-state index contributed by atoms with van der Waals surface area (Å²) in [4.78, 5) is 21.1. The first kappa shape index (κ1) is 12.2. The lowest BCUT2D eigenvalue weighted by molar-refractivity contribution is -0.144. The maximum atomic E-state index is 12.4. The van der Waals surface area contributed by atoms with Crippen molar-refractivity contribution in [3.63, 3.8) is 0 Å². The van der Waals surface area contributed by atoms with E-state index in [0.717, 1.165) is 29.4 Å². The second-order valence-corrected chi connectivity index (χ2v) is 5.08. The van der Waals surface area contributed by atoms with E-state index in [1.54, 1.807) is 0 Å². The fraction of sp³-hybridized carbons (Fsp3) is 0.400. The summed E-state index contributed by atoms with van der Waals surface area (Å²) in [5.41, 5.74) is 4.11. The number of aromatic amines is 1. The third-order valence-electron chi connectivity index (χ3n) is 3.78. The van der Waals surface area contributed by atoms with E-state index < -0.39 is 0 Å². The smallest absolute Gasteiger partial charge is 0.277 e. The van der Waals surface area contributed by atoms with Crippen LogP contribution in [0.1, 0.15) is 34.5 Å². The lowest BCUT2D eigenvalue weighted by atomic mass is 10.1. The lowest BCUT2D eigenvalue weighted by Crippen LogP contribution is -2.35. The number of benzene rings is 1. The van der Waals surface area contributed by atoms with E-state index in [9.17, 15) is 4.79 Å². The number of hydrogen-bond acceptors (Lipinski definition) is 2. The number of nitrogens with zero attached hydrogens (tertiary/aromatic N) is 1. The van der Waals surface area contributed by atoms with Crippen molar-refractivity contribution in [2.45, 2.75) is 26.7 Å². The molecule has 0 atom stereocenters. The van der Waals surface area contributed by atoms with Crippen molar-refractivity contribution < 1.29 is 9.63 Å². The zero-order valence-electron chi connectivity index (χ0n) is 11.3. The summed E-state index contributed by atoms with van der Waals surface area (Å²) in [6.07, 6.45) is 2.04. The highest BCUT2D eigenvalue weighted by Crippen LogP contribution is 2.23. The summed E-state index contributed by atoms with van der Waals surface area (Å²) in [5.74, 6) is -0.0418. The van der Waals surface area contributed by atoms with Crippen LogP contribution < -0.4 is 0 Å². The first-order valence-corrected chi connectivity index (χ1v) is 6.70. The van der Waals surface area contributed by atoms with E-state index in [0.29, 0.717) is 18.7 Å². The highest BCUT2D eigenvalue weighted by Gasteiger charge is 2.20. The van der Waals surface area contributed by atoms with E-state index in [4.69, 9.17) is 4.84 Å². The van der Waals surface area contributed by atoms with Crippen LogP contribution in [-0.2, 0) is 4.84 Å². The zero-order chi connectivity index (χ0) is 13.4. The number of rotatable bonds is 1. The van der Waals surface area contributed by atoms with Gasteiger partial charge in [0.25, 0.3) is 5.91 Å². The van der Waals surface area contributed by atoms with E-state index in [1.807, 2.05) is 25.1 Å². The molecular weight excluding hydrogens is 240 g/mol. The average molecular weight is 258 g/mol. The predicted octanol–water partition coefficient (Wildman–Crippen LogP) is 2.95. The van der Waals surface area contributed by atoms with Crippen LogP contribution in [0, 0.1) is 13.8 Å². The van der Waals surface area contributed by atoms with Gasteiger partial charge in [0, 0.05) is 28.7 Å². The predicted molar refractivity (Wildman–Crippen MR) is 74.0 cm³/mol. The van der Waals surface area contributed by atoms with Gasteiger partial charge in [-0.3, -0.25) is 9.63 Å². The third kappa shape index (κ3) is 2.12. The fourth-order valence-corrected chi connectivity index (χ4v) is 2.50. The molecule has 2 heterocycles. The molecular formula is C15H18N2O2. The Morgan fingerprint density at radius 3 is 2.89 bits per heavy atom. The molecule has 19 heavy (non-hydrogen) atoms. The van der Waals surface area contributed by atoms with Gasteiger partial charge in [-0.15, -0.1) is 0 Å². The molecule has 100 valence electrons. The minimum absolute atomic E-state index is 0.0418. The number of amides is 1. The van der Waals surface area contributed by atoms with Gasteiger partial charge in [0.1, 0.15) is 0 Å². The molecule has 1 saturated heterocycles. The first-order valence-electron chi connectivity index (χ1n) is 6.70. The molecule has 4 nitrogen and oxygen atoms in total. The Morgan fingerprint density at radius 2 is 2.16 bits per heavy atom. The van der Waals surface area contributed by atoms with Gasteiger partial charge in [-0.05, 0) is 50.5 Å². The highest BCUT2D eigenvalue weighted by atomic mass is 16.7. The second-order valence-electron chi connectivity index (χ2n) is 5.08. The summed E-state index contributed by atoms with van der Waals surface area (Å²) in [6, 6.07) is 5.78. The Balaban J connectivity index is 1.96. The standard InChI is InChI=1S/C15H18N2O2/c1-10-11(2)16-14-6-5-12(9-13(10)14)15(18)17-7-3-4-8-19-17/h5-6,9,16H,3-4,7-8H2,1-2H3. The molecule has 0 unspecified atom stereocenters. The number of fused-ring (bicyclic) bond motifs is 1. The second kappa shape index (κ2) is 4.70. The van der Waals surface area contributed by atoms with Gasteiger partial charge in [0.05, 0.1) is 6.61 Å². The molecule has 0 bridgehead atoms. The molecule has 0 aliphatic carbocycles. The summed E-state index contributed by atoms with van der Waals surface area (Å²) in [7, 11) is 0. The van der Waals surface area contributed by atoms with Crippen LogP contribution in [0.4, 0.5) is 0 Å². The van der Waals surface area contributed by atoms with E-state index in [-0.39, 0.29) is 5.91 Å². The van der Waals surface area contributed by atoms with Crippen molar-refractivity contribution in [1.82, 2.24) is 10.0 Å². The van der Waals surface area contributed by atoms with Crippen LogP contribution in [0.2, 0.25) is 0 Å². The Morgan fingerprint density at radius 1 is 1.32 bits per heavy atom. The van der Waals surface area contributed by atoms with Gasteiger partial charge < -0.3 is 4.98 Å². The third-order valence-corrected chi connectivity index (χ3v) is 3.78. The molecule has 1 aliphatic rings. The molecule has 1 aliphatic heterocycles. The Labute approximate surface area is 112 Å². The van der Waals surface area contributed by atoms with E-state index >= 15 is 0 Å². The summed E-state index contributed by atoms with van der Waals surface area (Å²) < 4.78 is 0. The van der Waals surface area contributed by atoms with E-state index in [1.165, 1.54) is 10.6 Å². The molecule has 0 saturated carbocycles. The van der Waals surface area contributed by atoms with Crippen LogP contribution >= 0.6 is 0 Å². The first-order chi connectivity index (χ1) is 9.16. The minimum Gasteiger partial charge on any atom is -0.358 e. The van der Waals surface area contributed by atoms with Gasteiger partial charge in [-0.2, -0.15) is 0 Å². The van der Waals surface area contributed by atoms with E-state index in [2.05, 4.69) is 11.9 Å². The van der Waals surface area contributed by atoms with Crippen LogP contribution in [0.3, 0.4) is 0 Å². The summed E-state index contributed by atoms with van der Waals surface area (Å²) in [5, 5.41) is 2.60. The number of carbonyl (C=O) groups is 1. The molecule has 0 spiro atoms. The van der Waals surface area contributed by atoms with Crippen LogP contribution in [0.15, 0.2) is 18.2 Å². The molecule has 2 aromatic rings. The minimum atomic E-state index is -0.0418. The highest BCUT2D eigenvalue weighted by molar-refractivity contribution is 5.98. The van der Waals surface area contributed by atoms with Gasteiger partial charge >= 0.3 is 0 Å². The maximum absolute atomic E-state index is 12.4. The number of nitrogens with one attached hydrogen (secondary N) is 1. The van der Waals surface area contributed by atoms with Crippen molar-refractivity contribution in [1.29, 1.82) is 0 Å². The Kier molecular flexibility index (Phi) is 3.03. The zero-order valence-corrected chi connectivity index (χ0v) is 11.3. The molecule has 0 radical (unpaired) electrons. The van der Waals surface area contributed by atoms with Crippen molar-refractivity contribution in [2.24, 2.45) is 0 Å². The summed E-state index contributed by atoms with van der Waals surface area (Å²) in [6.45, 7) is 5.43. The number of aryl methyl sites for hydroxylation is 2. The van der Waals surface area contributed by atoms with Crippen molar-refractivity contribution in [3.8, 4) is 0 Å². The van der Waals surface area contributed by atoms with Crippen molar-refractivity contribution in [2.75, 3.05) is 13.2 Å². The lowest BCUT2D eigenvalue weighted by Gasteiger charge is -2.25. The number of carbonyl (C=O) groups excluding carboxylic acids is 1. The Hall–Kier alpha value is -1.81. The topological polar surface area (TPSA) is 45.3 Å². The number of H-pyrrole nitrogens is 1. The molecule has 1 amide bonds. The number of hydrogen-bond donors (Lipinski definition) is 1. The van der Waals surface area contributed by atoms with Crippen LogP contribution in [-0.4, -0.2) is 29.1 Å². The number of hydroxylamine groups is 2. The average Bonchev–Trinajstić information content (AvgIpc) is 2.74. The molecule has 1 aromatic heterocycles. The van der Waals surface area contributed by atoms with Gasteiger partial charge in [-0.25, -0.2) is 5.06 Å². The Bertz CT molecular complexity index is 624. The largest absolute Gasteiger partial charge is 0.358 e. The molecule has 1 N–H and O–H groups in total. The van der Waals surface area contributed by atoms with Gasteiger partial charge in [0.15, 0.2) is 0 Å². The van der Waals surface area contributed by atoms with Crippen LogP contribution in [0.25, 0.3) is 10.9 Å². The quantitative estimate of drug-likeness (QED) is 0.854. The molecule has 1 fully saturated rings. The van der Waals surface area contributed by atoms with Crippen LogP contribution in [0.5, 0.6) is 0 Å². The van der Waals surface area contributed by atoms with Crippen molar-refractivity contribution in [3.05, 3.63) is 35.0 Å². The normalized spacial score (nSPS) is 16.0. The summed E-state index contributed by atoms with van der Waals surface area (Å²) >= 11 is 0. The van der Waals surface area contributed by atoms with Crippen molar-refractivity contribution >= 4 is 16.8 Å². The fourth-order valence-electron chi connectivity index (χ4n) is 2.50. The van der Waals surface area contributed by atoms with Gasteiger partial charge in [-0.1, -0.05) is 0 Å². The maximum Gasteiger partial charge on any atom is 0.277 e. The molecule has 1 aromatic carbocycles. The molecule has 3 rings (SSSR count).